The molecule has 163 valence electrons. The summed E-state index contributed by atoms with van der Waals surface area (Å²) in [5, 5.41) is 0. The molecule has 0 saturated heterocycles. The molecule has 2 aromatic rings. The molecule has 31 heavy (non-hydrogen) atoms. The molecule has 0 aromatic heterocycles. The van der Waals surface area contributed by atoms with E-state index in [-0.39, 0.29) is 52.4 Å². The number of allylic oxidation sites excluding steroid dienone is 4. The van der Waals surface area contributed by atoms with Gasteiger partial charge < -0.3 is 24.8 Å². The van der Waals surface area contributed by atoms with Crippen LogP contribution in [0.5, 0.6) is 0 Å². The van der Waals surface area contributed by atoms with Crippen molar-refractivity contribution in [3.05, 3.63) is 83.2 Å². The van der Waals surface area contributed by atoms with E-state index in [0.717, 1.165) is 24.8 Å². The van der Waals surface area contributed by atoms with Gasteiger partial charge in [0.25, 0.3) is 0 Å². The van der Waals surface area contributed by atoms with E-state index in [2.05, 4.69) is 59.6 Å². The van der Waals surface area contributed by atoms with Crippen LogP contribution in [0.25, 0.3) is 11.1 Å². The van der Waals surface area contributed by atoms with Crippen LogP contribution in [0.3, 0.4) is 0 Å². The molecule has 0 aliphatic heterocycles. The third-order valence-corrected chi connectivity index (χ3v) is 6.18. The van der Waals surface area contributed by atoms with Crippen LogP contribution in [-0.4, -0.2) is 10.2 Å². The van der Waals surface area contributed by atoms with E-state index >= 15 is 0 Å². The number of benzene rings is 2. The summed E-state index contributed by atoms with van der Waals surface area (Å²) in [6, 6.07) is 15.6. The third kappa shape index (κ3) is 9.40. The minimum atomic E-state index is -0.102. The van der Waals surface area contributed by atoms with Crippen molar-refractivity contribution in [1.82, 2.24) is 0 Å². The number of halogens is 3. The largest absolute Gasteiger partial charge is 2.00 e. The smallest absolute Gasteiger partial charge is 1.00 e. The predicted molar refractivity (Wildman–Crippen MR) is 120 cm³/mol. The molecule has 3 radical (unpaired) electrons. The van der Waals surface area contributed by atoms with E-state index in [9.17, 15) is 4.39 Å². The first kappa shape index (κ1) is 30.4. The average Bonchev–Trinajstić information content (AvgIpc) is 3.35. The van der Waals surface area contributed by atoms with Gasteiger partial charge in [-0.2, -0.15) is 0 Å². The number of hydrogen-bond donors (Lipinski definition) is 0. The Kier molecular flexibility index (Phi) is 15.7. The molecule has 1 fully saturated rings. The molecule has 0 heterocycles. The van der Waals surface area contributed by atoms with Crippen molar-refractivity contribution in [3.8, 4) is 11.1 Å². The standard InChI is InChI=1S/C15H14.C6H11Si.C5H5F.2ClH.Ti/c1-2-11-7-8-13-10-12-5-3-4-6-14(12)15(13)9-11;7-6-4-2-1-3-5-6;6-5-3-1-2-4-5;;;/h3-9H,2,10H2,1H3;6H,1-5H2;1,3-4H,2H2;2*1H;/q;;;;;+2/p-2. The van der Waals surface area contributed by atoms with Crippen molar-refractivity contribution in [1.29, 1.82) is 0 Å². The Hall–Kier alpha value is -0.639. The molecule has 5 heteroatoms. The van der Waals surface area contributed by atoms with Crippen LogP contribution in [0.4, 0.5) is 4.39 Å². The zero-order valence-electron chi connectivity index (χ0n) is 18.1. The van der Waals surface area contributed by atoms with Crippen molar-refractivity contribution in [2.75, 3.05) is 0 Å². The first-order chi connectivity index (χ1) is 13.7. The Morgan fingerprint density at radius 1 is 0.935 bits per heavy atom. The zero-order chi connectivity index (χ0) is 19.8. The monoisotopic (exact) mass is 507 g/mol. The van der Waals surface area contributed by atoms with E-state index in [1.165, 1.54) is 66.0 Å². The van der Waals surface area contributed by atoms with Gasteiger partial charge in [-0.15, -0.1) is 0 Å². The van der Waals surface area contributed by atoms with E-state index in [1.54, 1.807) is 12.2 Å². The third-order valence-electron chi connectivity index (χ3n) is 5.60. The van der Waals surface area contributed by atoms with Gasteiger partial charge >= 0.3 is 21.7 Å². The van der Waals surface area contributed by atoms with Crippen molar-refractivity contribution < 1.29 is 50.9 Å². The molecule has 3 aliphatic carbocycles. The van der Waals surface area contributed by atoms with Gasteiger partial charge in [0.2, 0.25) is 0 Å². The van der Waals surface area contributed by atoms with Crippen LogP contribution in [0, 0.1) is 0 Å². The van der Waals surface area contributed by atoms with E-state index in [1.807, 2.05) is 0 Å². The molecule has 0 amide bonds. The maximum Gasteiger partial charge on any atom is 2.00 e. The van der Waals surface area contributed by atoms with Gasteiger partial charge in [-0.3, -0.25) is 0 Å². The fourth-order valence-corrected chi connectivity index (χ4v) is 4.33. The van der Waals surface area contributed by atoms with E-state index in [0.29, 0.717) is 0 Å². The SMILES string of the molecule is CCc1ccc2c(c1)-c1ccccc1C2.FC1=CCC=C1.[Cl-].[Cl-].[Si]C1CCCCC1.[Ti+2]. The van der Waals surface area contributed by atoms with Gasteiger partial charge in [-0.05, 0) is 59.2 Å². The predicted octanol–water partition coefficient (Wildman–Crippen LogP) is 1.53. The Labute approximate surface area is 218 Å². The second-order valence-electron chi connectivity index (χ2n) is 7.74. The molecule has 0 bridgehead atoms. The van der Waals surface area contributed by atoms with Crippen LogP contribution in [0.15, 0.2) is 66.5 Å². The first-order valence-corrected chi connectivity index (χ1v) is 11.2. The molecule has 0 unspecified atom stereocenters. The molecule has 0 spiro atoms. The van der Waals surface area contributed by atoms with Gasteiger partial charge in [0.1, 0.15) is 5.83 Å². The minimum Gasteiger partial charge on any atom is -1.00 e. The summed E-state index contributed by atoms with van der Waals surface area (Å²) in [7, 11) is 3.63. The fourth-order valence-electron chi connectivity index (χ4n) is 3.92. The summed E-state index contributed by atoms with van der Waals surface area (Å²) in [5.74, 6) is -0.102. The minimum absolute atomic E-state index is 0. The molecule has 0 nitrogen and oxygen atoms in total. The van der Waals surface area contributed by atoms with E-state index in [4.69, 9.17) is 0 Å². The van der Waals surface area contributed by atoms with Gasteiger partial charge in [0.05, 0.1) is 0 Å². The second-order valence-corrected chi connectivity index (χ2v) is 8.56. The summed E-state index contributed by atoms with van der Waals surface area (Å²) in [6.45, 7) is 2.21. The zero-order valence-corrected chi connectivity index (χ0v) is 22.2. The van der Waals surface area contributed by atoms with Crippen molar-refractivity contribution in [2.24, 2.45) is 0 Å². The van der Waals surface area contributed by atoms with Crippen LogP contribution >= 0.6 is 0 Å². The number of fused-ring (bicyclic) bond motifs is 3. The van der Waals surface area contributed by atoms with Gasteiger partial charge in [0, 0.05) is 10.2 Å². The molecular weight excluding hydrogens is 478 g/mol. The quantitative estimate of drug-likeness (QED) is 0.438. The molecule has 0 N–H and O–H groups in total. The van der Waals surface area contributed by atoms with Crippen LogP contribution in [0.2, 0.25) is 5.54 Å². The number of rotatable bonds is 1. The summed E-state index contributed by atoms with van der Waals surface area (Å²) in [6.07, 6.45) is 14.9. The normalized spacial score (nSPS) is 15.3. The Morgan fingerprint density at radius 3 is 2.13 bits per heavy atom. The van der Waals surface area contributed by atoms with Crippen LogP contribution in [0.1, 0.15) is 62.1 Å². The Bertz CT molecular complexity index is 842. The second kappa shape index (κ2) is 16.0. The van der Waals surface area contributed by atoms with Gasteiger partial charge in [0.15, 0.2) is 0 Å². The summed E-state index contributed by atoms with van der Waals surface area (Å²) in [4.78, 5) is 0. The average molecular weight is 508 g/mol. The fraction of sp³-hybridized carbons (Fsp3) is 0.385. The Morgan fingerprint density at radius 2 is 1.61 bits per heavy atom. The van der Waals surface area contributed by atoms with Crippen molar-refractivity contribution in [3.63, 3.8) is 0 Å². The number of aryl methyl sites for hydroxylation is 1. The van der Waals surface area contributed by atoms with Crippen molar-refractivity contribution in [2.45, 2.75) is 63.8 Å². The number of hydrogen-bond acceptors (Lipinski definition) is 0. The summed E-state index contributed by atoms with van der Waals surface area (Å²) < 4.78 is 11.7. The van der Waals surface area contributed by atoms with Gasteiger partial charge in [-0.25, -0.2) is 4.39 Å². The molecule has 5 rings (SSSR count). The Balaban J connectivity index is 0.000000478. The summed E-state index contributed by atoms with van der Waals surface area (Å²) >= 11 is 0. The maximum atomic E-state index is 11.7. The summed E-state index contributed by atoms with van der Waals surface area (Å²) in [5.41, 5.74) is 8.11. The molecule has 3 aliphatic rings. The molecule has 0 atom stereocenters. The van der Waals surface area contributed by atoms with Gasteiger partial charge in [-0.1, -0.05) is 93.1 Å². The molecule has 2 aromatic carbocycles. The topological polar surface area (TPSA) is 0 Å². The van der Waals surface area contributed by atoms with E-state index < -0.39 is 0 Å². The van der Waals surface area contributed by atoms with Crippen molar-refractivity contribution >= 4 is 10.2 Å². The molecule has 1 saturated carbocycles. The van der Waals surface area contributed by atoms with Crippen LogP contribution in [-0.2, 0) is 34.6 Å². The maximum absolute atomic E-state index is 11.7. The first-order valence-electron chi connectivity index (χ1n) is 10.6. The van der Waals surface area contributed by atoms with Crippen LogP contribution < -0.4 is 24.8 Å². The molecular formula is C26H30Cl2FSiTi.